The predicted octanol–water partition coefficient (Wildman–Crippen LogP) is 2.63. The van der Waals surface area contributed by atoms with Crippen LogP contribution in [-0.2, 0) is 16.6 Å². The van der Waals surface area contributed by atoms with E-state index in [1.165, 1.54) is 0 Å². The molecule has 0 aromatic heterocycles. The molecule has 0 aliphatic rings. The van der Waals surface area contributed by atoms with Gasteiger partial charge in [0.1, 0.15) is 11.4 Å². The van der Waals surface area contributed by atoms with Gasteiger partial charge < -0.3 is 5.73 Å². The molecule has 1 aromatic rings. The van der Waals surface area contributed by atoms with E-state index in [4.69, 9.17) is 28.9 Å². The number of alkyl halides is 3. The summed E-state index contributed by atoms with van der Waals surface area (Å²) < 4.78 is 61.2. The van der Waals surface area contributed by atoms with Crippen LogP contribution < -0.4 is 5.73 Å². The van der Waals surface area contributed by atoms with Gasteiger partial charge in [0.2, 0.25) is 10.0 Å². The zero-order chi connectivity index (χ0) is 15.7. The Bertz CT molecular complexity index is 605. The van der Waals surface area contributed by atoms with Gasteiger partial charge in [0.25, 0.3) is 0 Å². The average Bonchev–Trinajstić information content (AvgIpc) is 2.26. The number of nitrogens with two attached hydrogens (primary N) is 1. The Labute approximate surface area is 124 Å². The van der Waals surface area contributed by atoms with Crippen molar-refractivity contribution >= 4 is 33.2 Å². The summed E-state index contributed by atoms with van der Waals surface area (Å²) in [5.41, 5.74) is 5.65. The lowest BCUT2D eigenvalue weighted by Gasteiger charge is -2.20. The van der Waals surface area contributed by atoms with E-state index in [9.17, 15) is 21.6 Å². The summed E-state index contributed by atoms with van der Waals surface area (Å²) in [6.07, 6.45) is -4.66. The molecule has 4 nitrogen and oxygen atoms in total. The van der Waals surface area contributed by atoms with Crippen molar-refractivity contribution < 1.29 is 21.6 Å². The second-order valence-corrected chi connectivity index (χ2v) is 6.78. The molecule has 0 fully saturated rings. The molecule has 20 heavy (non-hydrogen) atoms. The van der Waals surface area contributed by atoms with Gasteiger partial charge in [0.15, 0.2) is 0 Å². The number of sulfonamides is 1. The van der Waals surface area contributed by atoms with Crippen molar-refractivity contribution in [2.75, 3.05) is 13.6 Å². The summed E-state index contributed by atoms with van der Waals surface area (Å²) in [6, 6.07) is 2.21. The Morgan fingerprint density at radius 2 is 1.80 bits per heavy atom. The van der Waals surface area contributed by atoms with Gasteiger partial charge >= 0.3 is 6.18 Å². The largest absolute Gasteiger partial charge is 0.402 e. The monoisotopic (exact) mass is 350 g/mol. The van der Waals surface area contributed by atoms with Gasteiger partial charge in [-0.1, -0.05) is 23.2 Å². The summed E-state index contributed by atoms with van der Waals surface area (Å²) in [6.45, 7) is -1.69. The van der Waals surface area contributed by atoms with Gasteiger partial charge in [-0.05, 0) is 17.7 Å². The first-order valence-electron chi connectivity index (χ1n) is 5.20. The average molecular weight is 351 g/mol. The molecule has 0 unspecified atom stereocenters. The molecule has 0 radical (unpaired) electrons. The molecular formula is C10H11Cl2F3N2O2S. The smallest absolute Gasteiger partial charge is 0.326 e. The second kappa shape index (κ2) is 6.07. The Hall–Kier alpha value is -0.540. The third kappa shape index (κ3) is 3.98. The molecule has 1 rings (SSSR count). The fourth-order valence-electron chi connectivity index (χ4n) is 1.43. The van der Waals surface area contributed by atoms with E-state index in [-0.39, 0.29) is 26.5 Å². The Balaban J connectivity index is 3.29. The van der Waals surface area contributed by atoms with Crippen LogP contribution in [0.4, 0.5) is 13.2 Å². The van der Waals surface area contributed by atoms with E-state index in [1.807, 2.05) is 0 Å². The van der Waals surface area contributed by atoms with E-state index >= 15 is 0 Å². The number of hydrogen-bond donors (Lipinski definition) is 1. The highest BCUT2D eigenvalue weighted by Crippen LogP contribution is 2.31. The second-order valence-electron chi connectivity index (χ2n) is 3.95. The number of nitrogens with zero attached hydrogens (tertiary/aromatic N) is 1. The molecule has 0 aliphatic heterocycles. The maximum Gasteiger partial charge on any atom is 0.402 e. The molecule has 10 heteroatoms. The molecule has 0 spiro atoms. The Morgan fingerprint density at radius 3 is 2.25 bits per heavy atom. The van der Waals surface area contributed by atoms with Crippen LogP contribution in [0.5, 0.6) is 0 Å². The van der Waals surface area contributed by atoms with Gasteiger partial charge in [-0.15, -0.1) is 0 Å². The van der Waals surface area contributed by atoms with Crippen molar-refractivity contribution in [3.05, 3.63) is 27.7 Å². The highest BCUT2D eigenvalue weighted by molar-refractivity contribution is 7.89. The van der Waals surface area contributed by atoms with Crippen molar-refractivity contribution in [3.8, 4) is 0 Å². The molecular weight excluding hydrogens is 340 g/mol. The van der Waals surface area contributed by atoms with E-state index in [0.717, 1.165) is 19.2 Å². The van der Waals surface area contributed by atoms with Crippen LogP contribution in [0.25, 0.3) is 0 Å². The lowest BCUT2D eigenvalue weighted by Crippen LogP contribution is -2.36. The minimum absolute atomic E-state index is 0.0679. The van der Waals surface area contributed by atoms with Crippen LogP contribution >= 0.6 is 23.2 Å². The van der Waals surface area contributed by atoms with E-state index in [1.54, 1.807) is 0 Å². The molecule has 0 aliphatic carbocycles. The van der Waals surface area contributed by atoms with Crippen LogP contribution in [0.15, 0.2) is 17.0 Å². The lowest BCUT2D eigenvalue weighted by atomic mass is 10.2. The zero-order valence-electron chi connectivity index (χ0n) is 10.2. The lowest BCUT2D eigenvalue weighted by molar-refractivity contribution is -0.134. The number of rotatable bonds is 4. The molecule has 0 atom stereocenters. The maximum absolute atomic E-state index is 12.3. The Morgan fingerprint density at radius 1 is 1.25 bits per heavy atom. The summed E-state index contributed by atoms with van der Waals surface area (Å²) >= 11 is 11.5. The van der Waals surface area contributed by atoms with Crippen molar-refractivity contribution in [3.63, 3.8) is 0 Å². The molecule has 1 aromatic carbocycles. The van der Waals surface area contributed by atoms with Crippen LogP contribution in [0.2, 0.25) is 10.0 Å². The minimum atomic E-state index is -4.66. The highest BCUT2D eigenvalue weighted by Gasteiger charge is 2.35. The van der Waals surface area contributed by atoms with E-state index in [0.29, 0.717) is 0 Å². The zero-order valence-corrected chi connectivity index (χ0v) is 12.5. The van der Waals surface area contributed by atoms with Crippen molar-refractivity contribution in [1.29, 1.82) is 0 Å². The van der Waals surface area contributed by atoms with Crippen molar-refractivity contribution in [1.82, 2.24) is 4.31 Å². The fourth-order valence-corrected chi connectivity index (χ4v) is 3.43. The molecule has 0 saturated heterocycles. The van der Waals surface area contributed by atoms with E-state index < -0.39 is 27.6 Å². The number of benzene rings is 1. The molecule has 2 N–H and O–H groups in total. The predicted molar refractivity (Wildman–Crippen MR) is 70.2 cm³/mol. The topological polar surface area (TPSA) is 63.4 Å². The third-order valence-corrected chi connectivity index (χ3v) is 5.03. The summed E-state index contributed by atoms with van der Waals surface area (Å²) in [7, 11) is -3.57. The van der Waals surface area contributed by atoms with Crippen LogP contribution in [-0.4, -0.2) is 32.5 Å². The van der Waals surface area contributed by atoms with Crippen LogP contribution in [0.1, 0.15) is 5.56 Å². The normalized spacial score (nSPS) is 13.0. The molecule has 114 valence electrons. The molecule has 0 amide bonds. The SMILES string of the molecule is CN(CC(F)(F)F)S(=O)(=O)c1cc(CN)c(Cl)cc1Cl. The first-order chi connectivity index (χ1) is 8.99. The van der Waals surface area contributed by atoms with Gasteiger partial charge in [-0.25, -0.2) is 8.42 Å². The summed E-state index contributed by atoms with van der Waals surface area (Å²) in [5, 5.41) is -0.115. The maximum atomic E-state index is 12.3. The molecule has 0 heterocycles. The fraction of sp³-hybridized carbons (Fsp3) is 0.400. The summed E-state index contributed by atoms with van der Waals surface area (Å²) in [4.78, 5) is -0.462. The number of hydrogen-bond acceptors (Lipinski definition) is 3. The summed E-state index contributed by atoms with van der Waals surface area (Å²) in [5.74, 6) is 0. The van der Waals surface area contributed by atoms with Crippen molar-refractivity contribution in [2.45, 2.75) is 17.6 Å². The van der Waals surface area contributed by atoms with Gasteiger partial charge in [0, 0.05) is 18.6 Å². The van der Waals surface area contributed by atoms with E-state index in [2.05, 4.69) is 0 Å². The van der Waals surface area contributed by atoms with Gasteiger partial charge in [0.05, 0.1) is 5.02 Å². The quantitative estimate of drug-likeness (QED) is 0.907. The van der Waals surface area contributed by atoms with Crippen LogP contribution in [0, 0.1) is 0 Å². The standard InChI is InChI=1S/C10H11Cl2F3N2O2S/c1-17(5-10(13,14)15)20(18,19)9-2-6(4-16)7(11)3-8(9)12/h2-3H,4-5,16H2,1H3. The van der Waals surface area contributed by atoms with Gasteiger partial charge in [-0.2, -0.15) is 17.5 Å². The van der Waals surface area contributed by atoms with Crippen molar-refractivity contribution in [2.24, 2.45) is 5.73 Å². The Kier molecular flexibility index (Phi) is 5.31. The molecule has 0 saturated carbocycles. The third-order valence-electron chi connectivity index (χ3n) is 2.41. The molecule has 0 bridgehead atoms. The first kappa shape index (κ1) is 17.5. The van der Waals surface area contributed by atoms with Crippen LogP contribution in [0.3, 0.4) is 0 Å². The number of halogens is 5. The first-order valence-corrected chi connectivity index (χ1v) is 7.39. The van der Waals surface area contributed by atoms with Gasteiger partial charge in [-0.3, -0.25) is 0 Å². The minimum Gasteiger partial charge on any atom is -0.326 e. The highest BCUT2D eigenvalue weighted by atomic mass is 35.5.